The van der Waals surface area contributed by atoms with E-state index in [0.717, 1.165) is 38.1 Å². The summed E-state index contributed by atoms with van der Waals surface area (Å²) in [7, 11) is 0. The van der Waals surface area contributed by atoms with Gasteiger partial charge < -0.3 is 4.84 Å². The van der Waals surface area contributed by atoms with E-state index in [0.29, 0.717) is 5.75 Å². The smallest absolute Gasteiger partial charge is 0.131 e. The van der Waals surface area contributed by atoms with Crippen molar-refractivity contribution in [2.45, 2.75) is 45.3 Å². The molecule has 4 heteroatoms. The van der Waals surface area contributed by atoms with Crippen molar-refractivity contribution >= 4 is 12.6 Å². The Morgan fingerprint density at radius 1 is 1.04 bits per heavy atom. The molecule has 2 aromatic rings. The number of thiol groups is 1. The van der Waals surface area contributed by atoms with Gasteiger partial charge >= 0.3 is 0 Å². The zero-order chi connectivity index (χ0) is 18.6. The van der Waals surface area contributed by atoms with Gasteiger partial charge in [-0.2, -0.15) is 18.5 Å². The van der Waals surface area contributed by atoms with Gasteiger partial charge in [-0.15, -0.1) is 0 Å². The van der Waals surface area contributed by atoms with E-state index in [4.69, 9.17) is 10.7 Å². The molecular formula is C22H30N2OS. The van der Waals surface area contributed by atoms with Crippen LogP contribution < -0.4 is 5.90 Å². The summed E-state index contributed by atoms with van der Waals surface area (Å²) in [6.45, 7) is 3.98. The fourth-order valence-electron chi connectivity index (χ4n) is 3.05. The van der Waals surface area contributed by atoms with Crippen LogP contribution in [0.15, 0.2) is 72.5 Å². The zero-order valence-corrected chi connectivity index (χ0v) is 16.4. The molecule has 0 bridgehead atoms. The highest BCUT2D eigenvalue weighted by Gasteiger charge is 2.18. The summed E-state index contributed by atoms with van der Waals surface area (Å²) >= 11 is 4.34. The Morgan fingerprint density at radius 2 is 1.58 bits per heavy atom. The average Bonchev–Trinajstić information content (AvgIpc) is 2.69. The molecule has 140 valence electrons. The minimum atomic E-state index is 0.251. The van der Waals surface area contributed by atoms with Crippen molar-refractivity contribution < 1.29 is 4.84 Å². The molecule has 0 saturated heterocycles. The fraction of sp³-hybridized carbons (Fsp3) is 0.364. The van der Waals surface area contributed by atoms with Gasteiger partial charge in [0, 0.05) is 19.1 Å². The van der Waals surface area contributed by atoms with Crippen molar-refractivity contribution in [1.29, 1.82) is 0 Å². The van der Waals surface area contributed by atoms with E-state index >= 15 is 0 Å². The molecular weight excluding hydrogens is 340 g/mol. The largest absolute Gasteiger partial charge is 0.415 e. The molecule has 3 nitrogen and oxygen atoms in total. The lowest BCUT2D eigenvalue weighted by Gasteiger charge is -2.30. The number of benzene rings is 2. The predicted octanol–water partition coefficient (Wildman–Crippen LogP) is 4.95. The quantitative estimate of drug-likeness (QED) is 0.334. The van der Waals surface area contributed by atoms with E-state index in [1.54, 1.807) is 0 Å². The third-order valence-electron chi connectivity index (χ3n) is 4.46. The maximum absolute atomic E-state index is 5.43. The van der Waals surface area contributed by atoms with E-state index < -0.39 is 0 Å². The van der Waals surface area contributed by atoms with Crippen LogP contribution in [-0.4, -0.2) is 16.7 Å². The number of hydrogen-bond acceptors (Lipinski definition) is 4. The summed E-state index contributed by atoms with van der Waals surface area (Å²) in [5.41, 5.74) is 2.61. The van der Waals surface area contributed by atoms with Gasteiger partial charge in [0.25, 0.3) is 0 Å². The van der Waals surface area contributed by atoms with Gasteiger partial charge in [-0.25, -0.2) is 0 Å². The first-order valence-electron chi connectivity index (χ1n) is 9.27. The lowest BCUT2D eigenvalue weighted by atomic mass is 10.0. The van der Waals surface area contributed by atoms with Gasteiger partial charge in [0.2, 0.25) is 0 Å². The van der Waals surface area contributed by atoms with Gasteiger partial charge in [0.1, 0.15) is 5.76 Å². The van der Waals surface area contributed by atoms with E-state index in [2.05, 4.69) is 91.2 Å². The monoisotopic (exact) mass is 370 g/mol. The SMILES string of the molecule is CCCCC(/C=C(/CS)ON)N(Cc1ccccc1)Cc1ccccc1. The first-order valence-corrected chi connectivity index (χ1v) is 9.90. The van der Waals surface area contributed by atoms with Crippen molar-refractivity contribution in [1.82, 2.24) is 4.90 Å². The van der Waals surface area contributed by atoms with Crippen LogP contribution in [0, 0.1) is 0 Å². The topological polar surface area (TPSA) is 38.5 Å². The molecule has 0 fully saturated rings. The normalized spacial score (nSPS) is 13.0. The first-order chi connectivity index (χ1) is 12.8. The van der Waals surface area contributed by atoms with Gasteiger partial charge in [0.15, 0.2) is 0 Å². The number of rotatable bonds is 11. The van der Waals surface area contributed by atoms with Crippen LogP contribution in [0.25, 0.3) is 0 Å². The molecule has 1 unspecified atom stereocenters. The number of nitrogens with zero attached hydrogens (tertiary/aromatic N) is 1. The molecule has 0 aliphatic carbocycles. The molecule has 0 saturated carbocycles. The van der Waals surface area contributed by atoms with Crippen molar-refractivity contribution in [3.05, 3.63) is 83.6 Å². The molecule has 0 aliphatic heterocycles. The van der Waals surface area contributed by atoms with Gasteiger partial charge in [-0.1, -0.05) is 80.4 Å². The summed E-state index contributed by atoms with van der Waals surface area (Å²) in [6.07, 6.45) is 5.52. The molecule has 2 aromatic carbocycles. The second kappa shape index (κ2) is 11.8. The highest BCUT2D eigenvalue weighted by molar-refractivity contribution is 7.80. The molecule has 0 spiro atoms. The predicted molar refractivity (Wildman–Crippen MR) is 113 cm³/mol. The molecule has 0 radical (unpaired) electrons. The Morgan fingerprint density at radius 3 is 2.00 bits per heavy atom. The third-order valence-corrected chi connectivity index (χ3v) is 4.78. The Kier molecular flexibility index (Phi) is 9.32. The van der Waals surface area contributed by atoms with Crippen LogP contribution in [0.2, 0.25) is 0 Å². The lowest BCUT2D eigenvalue weighted by Crippen LogP contribution is -2.33. The molecule has 0 amide bonds. The van der Waals surface area contributed by atoms with Crippen LogP contribution in [0.5, 0.6) is 0 Å². The maximum atomic E-state index is 5.43. The van der Waals surface area contributed by atoms with Crippen molar-refractivity contribution in [3.8, 4) is 0 Å². The van der Waals surface area contributed by atoms with Crippen LogP contribution in [0.4, 0.5) is 0 Å². The van der Waals surface area contributed by atoms with Crippen LogP contribution in [-0.2, 0) is 17.9 Å². The molecule has 0 aliphatic rings. The minimum Gasteiger partial charge on any atom is -0.415 e. The Bertz CT molecular complexity index is 598. The van der Waals surface area contributed by atoms with E-state index in [9.17, 15) is 0 Å². The second-order valence-corrected chi connectivity index (χ2v) is 6.81. The maximum Gasteiger partial charge on any atom is 0.131 e. The van der Waals surface area contributed by atoms with Gasteiger partial charge in [-0.3, -0.25) is 4.90 Å². The molecule has 1 atom stereocenters. The zero-order valence-electron chi connectivity index (χ0n) is 15.6. The van der Waals surface area contributed by atoms with Gasteiger partial charge in [0.05, 0.1) is 5.75 Å². The Labute approximate surface area is 163 Å². The average molecular weight is 371 g/mol. The summed E-state index contributed by atoms with van der Waals surface area (Å²) in [5.74, 6) is 6.66. The van der Waals surface area contributed by atoms with Crippen molar-refractivity contribution in [3.63, 3.8) is 0 Å². The lowest BCUT2D eigenvalue weighted by molar-refractivity contribution is 0.182. The summed E-state index contributed by atoms with van der Waals surface area (Å²) in [4.78, 5) is 7.51. The molecule has 0 heterocycles. The summed E-state index contributed by atoms with van der Waals surface area (Å²) in [6, 6.07) is 21.4. The second-order valence-electron chi connectivity index (χ2n) is 6.49. The molecule has 2 rings (SSSR count). The molecule has 26 heavy (non-hydrogen) atoms. The minimum absolute atomic E-state index is 0.251. The number of unbranched alkanes of at least 4 members (excludes halogenated alkanes) is 1. The van der Waals surface area contributed by atoms with E-state index in [-0.39, 0.29) is 6.04 Å². The van der Waals surface area contributed by atoms with Crippen molar-refractivity contribution in [2.24, 2.45) is 5.90 Å². The van der Waals surface area contributed by atoms with Crippen LogP contribution in [0.3, 0.4) is 0 Å². The number of nitrogens with two attached hydrogens (primary N) is 1. The van der Waals surface area contributed by atoms with Gasteiger partial charge in [-0.05, 0) is 23.6 Å². The standard InChI is InChI=1S/C22H30N2OS/c1-2-3-14-21(15-22(18-26)25-23)24(16-19-10-6-4-7-11-19)17-20-12-8-5-9-13-20/h4-13,15,21,26H,2-3,14,16-18,23H2,1H3/b22-15-. The molecule has 0 aromatic heterocycles. The van der Waals surface area contributed by atoms with E-state index in [1.165, 1.54) is 11.1 Å². The molecule has 2 N–H and O–H groups in total. The highest BCUT2D eigenvalue weighted by atomic mass is 32.1. The Balaban J connectivity index is 2.28. The highest BCUT2D eigenvalue weighted by Crippen LogP contribution is 2.20. The van der Waals surface area contributed by atoms with Crippen LogP contribution >= 0.6 is 12.6 Å². The van der Waals surface area contributed by atoms with Crippen LogP contribution in [0.1, 0.15) is 37.3 Å². The summed E-state index contributed by atoms with van der Waals surface area (Å²) in [5, 5.41) is 0. The number of hydrogen-bond donors (Lipinski definition) is 2. The van der Waals surface area contributed by atoms with Crippen molar-refractivity contribution in [2.75, 3.05) is 5.75 Å². The summed E-state index contributed by atoms with van der Waals surface area (Å²) < 4.78 is 0. The third kappa shape index (κ3) is 6.87. The Hall–Kier alpha value is -1.75. The van der Waals surface area contributed by atoms with E-state index in [1.807, 2.05) is 0 Å². The fourth-order valence-corrected chi connectivity index (χ4v) is 3.23. The first kappa shape index (κ1) is 20.6.